The van der Waals surface area contributed by atoms with Crippen LogP contribution < -0.4 is 10.6 Å². The van der Waals surface area contributed by atoms with E-state index in [1.165, 1.54) is 49.7 Å². The third-order valence-corrected chi connectivity index (χ3v) is 5.14. The minimum atomic E-state index is -0.343. The smallest absolute Gasteiger partial charge is 0.293 e. The van der Waals surface area contributed by atoms with Gasteiger partial charge >= 0.3 is 0 Å². The first-order chi connectivity index (χ1) is 12.2. The number of hydrogen-bond acceptors (Lipinski definition) is 5. The lowest BCUT2D eigenvalue weighted by Gasteiger charge is -2.20. The van der Waals surface area contributed by atoms with Crippen molar-refractivity contribution >= 4 is 28.3 Å². The van der Waals surface area contributed by atoms with Crippen molar-refractivity contribution in [3.63, 3.8) is 0 Å². The van der Waals surface area contributed by atoms with E-state index in [4.69, 9.17) is 4.42 Å². The molecule has 7 heteroatoms. The molecule has 0 atom stereocenters. The highest BCUT2D eigenvalue weighted by molar-refractivity contribution is 7.14. The van der Waals surface area contributed by atoms with Gasteiger partial charge in [0, 0.05) is 11.4 Å². The fourth-order valence-electron chi connectivity index (χ4n) is 3.06. The van der Waals surface area contributed by atoms with Gasteiger partial charge < -0.3 is 9.73 Å². The summed E-state index contributed by atoms with van der Waals surface area (Å²) in [5.74, 6) is -0.108. The predicted molar refractivity (Wildman–Crippen MR) is 96.7 cm³/mol. The van der Waals surface area contributed by atoms with Crippen molar-refractivity contribution in [3.05, 3.63) is 35.2 Å². The van der Waals surface area contributed by atoms with E-state index in [0.29, 0.717) is 10.8 Å². The fourth-order valence-corrected chi connectivity index (χ4v) is 3.76. The number of rotatable bonds is 5. The maximum atomic E-state index is 12.2. The van der Waals surface area contributed by atoms with Crippen LogP contribution in [-0.2, 0) is 11.2 Å². The second kappa shape index (κ2) is 8.80. The van der Waals surface area contributed by atoms with Crippen LogP contribution in [0.4, 0.5) is 5.13 Å². The number of hydrogen-bond donors (Lipinski definition) is 2. The highest BCUT2D eigenvalue weighted by Gasteiger charge is 2.16. The van der Waals surface area contributed by atoms with Gasteiger partial charge in [0.25, 0.3) is 5.91 Å². The molecule has 25 heavy (non-hydrogen) atoms. The van der Waals surface area contributed by atoms with E-state index in [9.17, 15) is 9.59 Å². The first-order valence-electron chi connectivity index (χ1n) is 8.79. The second-order valence-corrected chi connectivity index (χ2v) is 7.22. The Labute approximate surface area is 151 Å². The number of thiazole rings is 1. The molecule has 6 nitrogen and oxygen atoms in total. The molecule has 2 heterocycles. The van der Waals surface area contributed by atoms with E-state index in [1.54, 1.807) is 17.5 Å². The first-order valence-corrected chi connectivity index (χ1v) is 9.67. The molecule has 0 aliphatic heterocycles. The number of carbonyl (C=O) groups is 2. The zero-order valence-corrected chi connectivity index (χ0v) is 14.9. The van der Waals surface area contributed by atoms with Gasteiger partial charge in [-0.25, -0.2) is 4.98 Å². The van der Waals surface area contributed by atoms with Crippen molar-refractivity contribution in [1.82, 2.24) is 10.3 Å². The Morgan fingerprint density at radius 3 is 2.68 bits per heavy atom. The normalized spacial score (nSPS) is 16.0. The zero-order valence-electron chi connectivity index (χ0n) is 14.1. The molecule has 0 radical (unpaired) electrons. The quantitative estimate of drug-likeness (QED) is 0.849. The largest absolute Gasteiger partial charge is 0.459 e. The van der Waals surface area contributed by atoms with Gasteiger partial charge in [-0.2, -0.15) is 0 Å². The van der Waals surface area contributed by atoms with Crippen molar-refractivity contribution in [1.29, 1.82) is 0 Å². The Morgan fingerprint density at radius 1 is 1.20 bits per heavy atom. The molecule has 0 saturated heterocycles. The fraction of sp³-hybridized carbons (Fsp3) is 0.500. The van der Waals surface area contributed by atoms with E-state index in [1.807, 2.05) is 0 Å². The lowest BCUT2D eigenvalue weighted by molar-refractivity contribution is -0.121. The van der Waals surface area contributed by atoms with Gasteiger partial charge in [-0.15, -0.1) is 11.3 Å². The Morgan fingerprint density at radius 2 is 1.96 bits per heavy atom. The minimum absolute atomic E-state index is 0.000199. The Bertz CT molecular complexity index is 688. The molecular weight excluding hydrogens is 338 g/mol. The molecule has 0 unspecified atom stereocenters. The average Bonchev–Trinajstić information content (AvgIpc) is 3.22. The zero-order chi connectivity index (χ0) is 17.5. The number of nitrogens with one attached hydrogen (secondary N) is 2. The molecule has 2 N–H and O–H groups in total. The van der Waals surface area contributed by atoms with Crippen molar-refractivity contribution < 1.29 is 14.0 Å². The first kappa shape index (κ1) is 17.7. The summed E-state index contributed by atoms with van der Waals surface area (Å²) < 4.78 is 5.04. The van der Waals surface area contributed by atoms with Crippen LogP contribution in [0.5, 0.6) is 0 Å². The summed E-state index contributed by atoms with van der Waals surface area (Å²) in [5.41, 5.74) is 0.670. The number of nitrogens with zero attached hydrogens (tertiary/aromatic N) is 1. The summed E-state index contributed by atoms with van der Waals surface area (Å²) in [5, 5.41) is 8.08. The second-order valence-electron chi connectivity index (χ2n) is 6.36. The molecular formula is C18H23N3O3S. The van der Waals surface area contributed by atoms with Crippen LogP contribution in [-0.4, -0.2) is 22.8 Å². The van der Waals surface area contributed by atoms with Crippen LogP contribution in [0, 0.1) is 0 Å². The van der Waals surface area contributed by atoms with E-state index in [-0.39, 0.29) is 30.0 Å². The van der Waals surface area contributed by atoms with Crippen molar-refractivity contribution in [2.24, 2.45) is 0 Å². The van der Waals surface area contributed by atoms with Gasteiger partial charge in [0.15, 0.2) is 10.9 Å². The van der Waals surface area contributed by atoms with Gasteiger partial charge in [-0.3, -0.25) is 14.9 Å². The third-order valence-electron chi connectivity index (χ3n) is 4.33. The van der Waals surface area contributed by atoms with Crippen molar-refractivity contribution in [3.8, 4) is 0 Å². The molecule has 0 spiro atoms. The molecule has 0 aromatic carbocycles. The summed E-state index contributed by atoms with van der Waals surface area (Å²) >= 11 is 1.30. The van der Waals surface area contributed by atoms with Crippen LogP contribution in [0.2, 0.25) is 0 Å². The number of furan rings is 1. The third kappa shape index (κ3) is 5.42. The molecule has 1 aliphatic rings. The summed E-state index contributed by atoms with van der Waals surface area (Å²) in [6.45, 7) is 0. The van der Waals surface area contributed by atoms with E-state index in [0.717, 1.165) is 12.8 Å². The topological polar surface area (TPSA) is 84.2 Å². The summed E-state index contributed by atoms with van der Waals surface area (Å²) in [7, 11) is 0. The van der Waals surface area contributed by atoms with Crippen LogP contribution in [0.25, 0.3) is 0 Å². The molecule has 0 bridgehead atoms. The number of carbonyl (C=O) groups excluding carboxylic acids is 2. The molecule has 2 aromatic heterocycles. The number of anilines is 1. The standard InChI is InChI=1S/C18H23N3O3S/c22-16(19-13-7-4-2-1-3-5-8-13)11-14-12-25-18(20-14)21-17(23)15-9-6-10-24-15/h6,9-10,12-13H,1-5,7-8,11H2,(H,19,22)(H,20,21,23). The van der Waals surface area contributed by atoms with Crippen molar-refractivity contribution in [2.45, 2.75) is 57.4 Å². The Hall–Kier alpha value is -2.15. The monoisotopic (exact) mass is 361 g/mol. The highest BCUT2D eigenvalue weighted by Crippen LogP contribution is 2.19. The van der Waals surface area contributed by atoms with E-state index < -0.39 is 0 Å². The van der Waals surface area contributed by atoms with Gasteiger partial charge in [0.05, 0.1) is 18.4 Å². The molecule has 1 aliphatic carbocycles. The van der Waals surface area contributed by atoms with Gasteiger partial charge in [0.1, 0.15) is 0 Å². The SMILES string of the molecule is O=C(Cc1csc(NC(=O)c2ccco2)n1)NC1CCCCCCC1. The van der Waals surface area contributed by atoms with Gasteiger partial charge in [0.2, 0.25) is 5.91 Å². The maximum absolute atomic E-state index is 12.2. The van der Waals surface area contributed by atoms with Crippen LogP contribution >= 0.6 is 11.3 Å². The molecule has 134 valence electrons. The van der Waals surface area contributed by atoms with E-state index in [2.05, 4.69) is 15.6 Å². The van der Waals surface area contributed by atoms with E-state index >= 15 is 0 Å². The summed E-state index contributed by atoms with van der Waals surface area (Å²) in [4.78, 5) is 28.5. The average molecular weight is 361 g/mol. The molecule has 2 amide bonds. The highest BCUT2D eigenvalue weighted by atomic mass is 32.1. The number of amides is 2. The molecule has 1 fully saturated rings. The maximum Gasteiger partial charge on any atom is 0.293 e. The van der Waals surface area contributed by atoms with Crippen LogP contribution in [0.3, 0.4) is 0 Å². The summed E-state index contributed by atoms with van der Waals surface area (Å²) in [6, 6.07) is 3.53. The van der Waals surface area contributed by atoms with Crippen LogP contribution in [0.15, 0.2) is 28.2 Å². The summed E-state index contributed by atoms with van der Waals surface area (Å²) in [6.07, 6.45) is 10.0. The predicted octanol–water partition coefficient (Wildman–Crippen LogP) is 3.76. The van der Waals surface area contributed by atoms with Gasteiger partial charge in [-0.1, -0.05) is 32.1 Å². The Kier molecular flexibility index (Phi) is 6.22. The Balaban J connectivity index is 1.48. The molecule has 1 saturated carbocycles. The van der Waals surface area contributed by atoms with Gasteiger partial charge in [-0.05, 0) is 25.0 Å². The molecule has 3 rings (SSSR count). The molecule has 2 aromatic rings. The number of aromatic nitrogens is 1. The lowest BCUT2D eigenvalue weighted by atomic mass is 9.96. The van der Waals surface area contributed by atoms with Crippen LogP contribution in [0.1, 0.15) is 61.2 Å². The van der Waals surface area contributed by atoms with Crippen molar-refractivity contribution in [2.75, 3.05) is 5.32 Å². The minimum Gasteiger partial charge on any atom is -0.459 e. The lowest BCUT2D eigenvalue weighted by Crippen LogP contribution is -2.36.